The van der Waals surface area contributed by atoms with Crippen molar-refractivity contribution in [2.45, 2.75) is 70.8 Å². The molecule has 7 heteroatoms. The maximum atomic E-state index is 11.8. The minimum atomic E-state index is -0.541. The first kappa shape index (κ1) is 19.7. The van der Waals surface area contributed by atoms with Crippen molar-refractivity contribution >= 4 is 12.1 Å². The van der Waals surface area contributed by atoms with Crippen LogP contribution in [-0.2, 0) is 19.0 Å². The van der Waals surface area contributed by atoms with E-state index in [9.17, 15) is 9.59 Å². The summed E-state index contributed by atoms with van der Waals surface area (Å²) in [7, 11) is 1.33. The molecule has 2 unspecified atom stereocenters. The molecule has 2 saturated heterocycles. The zero-order chi connectivity index (χ0) is 17.5. The fraction of sp³-hybridized carbons (Fsp3) is 0.875. The number of carbonyl (C=O) groups is 2. The summed E-state index contributed by atoms with van der Waals surface area (Å²) < 4.78 is 14.7. The van der Waals surface area contributed by atoms with Crippen molar-refractivity contribution in [2.75, 3.05) is 20.3 Å². The summed E-state index contributed by atoms with van der Waals surface area (Å²) in [5.41, 5.74) is -0.541. The van der Waals surface area contributed by atoms with Crippen LogP contribution in [0.1, 0.15) is 52.9 Å². The van der Waals surface area contributed by atoms with Crippen LogP contribution in [0.4, 0.5) is 4.79 Å². The van der Waals surface area contributed by atoms with Gasteiger partial charge >= 0.3 is 12.1 Å². The normalized spacial score (nSPS) is 24.5. The topological polar surface area (TPSA) is 85.3 Å². The Morgan fingerprint density at radius 3 is 2.30 bits per heavy atom. The van der Waals surface area contributed by atoms with E-state index in [4.69, 9.17) is 14.6 Å². The lowest BCUT2D eigenvalue weighted by Gasteiger charge is -2.27. The van der Waals surface area contributed by atoms with Crippen molar-refractivity contribution in [3.8, 4) is 0 Å². The molecule has 1 N–H and O–H groups in total. The molecule has 0 aromatic heterocycles. The average molecular weight is 331 g/mol. The highest BCUT2D eigenvalue weighted by Crippen LogP contribution is 2.21. The molecule has 0 aromatic rings. The quantitative estimate of drug-likeness (QED) is 0.740. The largest absolute Gasteiger partial charge is 0.467 e. The van der Waals surface area contributed by atoms with Gasteiger partial charge in [-0.25, -0.2) is 9.59 Å². The lowest BCUT2D eigenvalue weighted by Crippen LogP contribution is -2.43. The molecule has 2 heterocycles. The molecule has 0 spiro atoms. The Hall–Kier alpha value is -1.34. The molecule has 0 aliphatic carbocycles. The van der Waals surface area contributed by atoms with Crippen LogP contribution in [0.3, 0.4) is 0 Å². The summed E-state index contributed by atoms with van der Waals surface area (Å²) in [6.45, 7) is 6.69. The summed E-state index contributed by atoms with van der Waals surface area (Å²) in [5.74, 6) is -0.372. The molecule has 0 bridgehead atoms. The maximum Gasteiger partial charge on any atom is 0.411 e. The van der Waals surface area contributed by atoms with Crippen molar-refractivity contribution in [3.05, 3.63) is 0 Å². The molecule has 2 aliphatic heterocycles. The Morgan fingerprint density at radius 1 is 1.17 bits per heavy atom. The van der Waals surface area contributed by atoms with Gasteiger partial charge in [0.1, 0.15) is 11.6 Å². The summed E-state index contributed by atoms with van der Waals surface area (Å²) >= 11 is 0. The van der Waals surface area contributed by atoms with E-state index in [1.807, 2.05) is 0 Å². The zero-order valence-electron chi connectivity index (χ0n) is 14.5. The van der Waals surface area contributed by atoms with Crippen molar-refractivity contribution in [1.29, 1.82) is 0 Å². The van der Waals surface area contributed by atoms with E-state index >= 15 is 0 Å². The molecule has 0 aromatic carbocycles. The van der Waals surface area contributed by atoms with Gasteiger partial charge in [0.15, 0.2) is 6.29 Å². The second-order valence-corrected chi connectivity index (χ2v) is 6.68. The van der Waals surface area contributed by atoms with Gasteiger partial charge in [0.05, 0.1) is 7.11 Å². The number of hydrogen-bond acceptors (Lipinski definition) is 6. The average Bonchev–Trinajstić information content (AvgIpc) is 2.96. The van der Waals surface area contributed by atoms with Crippen LogP contribution in [0.25, 0.3) is 0 Å². The Bertz CT molecular complexity index is 387. The third-order valence-electron chi connectivity index (χ3n) is 3.51. The molecule has 2 fully saturated rings. The van der Waals surface area contributed by atoms with Gasteiger partial charge in [-0.05, 0) is 52.9 Å². The molecular formula is C16H29NO6. The molecule has 2 atom stereocenters. The van der Waals surface area contributed by atoms with E-state index < -0.39 is 24.0 Å². The predicted octanol–water partition coefficient (Wildman–Crippen LogP) is 2.06. The third-order valence-corrected chi connectivity index (χ3v) is 3.51. The zero-order valence-corrected chi connectivity index (χ0v) is 14.5. The number of hydrogen-bond donors (Lipinski definition) is 1. The Morgan fingerprint density at radius 2 is 1.87 bits per heavy atom. The van der Waals surface area contributed by atoms with Gasteiger partial charge in [-0.1, -0.05) is 0 Å². The first-order chi connectivity index (χ1) is 10.7. The summed E-state index contributed by atoms with van der Waals surface area (Å²) in [5, 5.41) is 8.69. The molecule has 0 radical (unpaired) electrons. The fourth-order valence-electron chi connectivity index (χ4n) is 2.41. The number of esters is 1. The molecular weight excluding hydrogens is 302 g/mol. The number of likely N-dealkylation sites (tertiary alicyclic amines) is 1. The van der Waals surface area contributed by atoms with Crippen molar-refractivity contribution in [1.82, 2.24) is 4.90 Å². The smallest absolute Gasteiger partial charge is 0.411 e. The molecule has 2 aliphatic rings. The minimum Gasteiger partial charge on any atom is -0.467 e. The number of methoxy groups -OCH3 is 1. The fourth-order valence-corrected chi connectivity index (χ4v) is 2.41. The van der Waals surface area contributed by atoms with E-state index in [0.29, 0.717) is 13.0 Å². The van der Waals surface area contributed by atoms with Crippen LogP contribution >= 0.6 is 0 Å². The van der Waals surface area contributed by atoms with Crippen LogP contribution < -0.4 is 0 Å². The molecule has 23 heavy (non-hydrogen) atoms. The first-order valence-corrected chi connectivity index (χ1v) is 8.11. The molecule has 134 valence electrons. The molecule has 7 nitrogen and oxygen atoms in total. The van der Waals surface area contributed by atoms with Crippen molar-refractivity contribution in [2.24, 2.45) is 0 Å². The SMILES string of the molecule is COC(=O)C1CCCN1C(=O)OC(C)(C)C.OC1CCCCO1. The summed E-state index contributed by atoms with van der Waals surface area (Å²) in [4.78, 5) is 24.7. The number of nitrogens with zero attached hydrogens (tertiary/aromatic N) is 1. The van der Waals surface area contributed by atoms with Crippen LogP contribution in [0.15, 0.2) is 0 Å². The van der Waals surface area contributed by atoms with Gasteiger partial charge in [-0.2, -0.15) is 0 Å². The van der Waals surface area contributed by atoms with Crippen LogP contribution in [0.2, 0.25) is 0 Å². The van der Waals surface area contributed by atoms with Crippen LogP contribution in [0, 0.1) is 0 Å². The first-order valence-electron chi connectivity index (χ1n) is 8.11. The van der Waals surface area contributed by atoms with Crippen LogP contribution in [0.5, 0.6) is 0 Å². The Balaban J connectivity index is 0.000000313. The highest BCUT2D eigenvalue weighted by molar-refractivity contribution is 5.82. The molecule has 2 rings (SSSR count). The van der Waals surface area contributed by atoms with Gasteiger partial charge in [-0.3, -0.25) is 4.90 Å². The van der Waals surface area contributed by atoms with E-state index in [1.165, 1.54) is 12.0 Å². The Kier molecular flexibility index (Phi) is 7.78. The minimum absolute atomic E-state index is 0.372. The van der Waals surface area contributed by atoms with E-state index in [2.05, 4.69) is 4.74 Å². The van der Waals surface area contributed by atoms with E-state index in [0.717, 1.165) is 32.3 Å². The second kappa shape index (κ2) is 9.08. The number of amides is 1. The second-order valence-electron chi connectivity index (χ2n) is 6.68. The summed E-state index contributed by atoms with van der Waals surface area (Å²) in [6.07, 6.45) is 3.58. The lowest BCUT2D eigenvalue weighted by molar-refractivity contribution is -0.145. The highest BCUT2D eigenvalue weighted by Gasteiger charge is 2.37. The standard InChI is InChI=1S/C11H19NO4.C5H10O2/c1-11(2,3)16-10(14)12-7-5-6-8(12)9(13)15-4;6-5-3-1-2-4-7-5/h8H,5-7H2,1-4H3;5-6H,1-4H2. The Labute approximate surface area is 137 Å². The van der Waals surface area contributed by atoms with Gasteiger partial charge in [0.25, 0.3) is 0 Å². The van der Waals surface area contributed by atoms with Crippen molar-refractivity contribution < 1.29 is 28.9 Å². The number of carbonyl (C=O) groups excluding carboxylic acids is 2. The van der Waals surface area contributed by atoms with Crippen molar-refractivity contribution in [3.63, 3.8) is 0 Å². The van der Waals surface area contributed by atoms with Gasteiger partial charge < -0.3 is 19.3 Å². The maximum absolute atomic E-state index is 11.8. The number of rotatable bonds is 1. The predicted molar refractivity (Wildman–Crippen MR) is 83.8 cm³/mol. The number of aliphatic hydroxyl groups excluding tert-OH is 1. The number of aliphatic hydroxyl groups is 1. The van der Waals surface area contributed by atoms with Gasteiger partial charge in [0, 0.05) is 13.2 Å². The van der Waals surface area contributed by atoms with Crippen LogP contribution in [-0.4, -0.2) is 60.3 Å². The van der Waals surface area contributed by atoms with E-state index in [-0.39, 0.29) is 5.97 Å². The summed E-state index contributed by atoms with van der Waals surface area (Å²) in [6, 6.07) is -0.486. The van der Waals surface area contributed by atoms with Gasteiger partial charge in [-0.15, -0.1) is 0 Å². The molecule has 1 amide bonds. The highest BCUT2D eigenvalue weighted by atomic mass is 16.6. The van der Waals surface area contributed by atoms with Gasteiger partial charge in [0.2, 0.25) is 0 Å². The van der Waals surface area contributed by atoms with E-state index in [1.54, 1.807) is 20.8 Å². The number of ether oxygens (including phenoxy) is 3. The lowest BCUT2D eigenvalue weighted by atomic mass is 10.2. The monoisotopic (exact) mass is 331 g/mol. The molecule has 0 saturated carbocycles. The third kappa shape index (κ3) is 7.18.